The first-order valence-electron chi connectivity index (χ1n) is 20.8. The smallest absolute Gasteiger partial charge is 0.143 e. The second-order valence-electron chi connectivity index (χ2n) is 15.6. The van der Waals surface area contributed by atoms with E-state index in [1.807, 2.05) is 18.2 Å². The maximum atomic E-state index is 6.67. The van der Waals surface area contributed by atoms with Gasteiger partial charge in [0, 0.05) is 49.5 Å². The highest BCUT2D eigenvalue weighted by Gasteiger charge is 2.24. The summed E-state index contributed by atoms with van der Waals surface area (Å²) in [6.45, 7) is 0. The lowest BCUT2D eigenvalue weighted by Crippen LogP contribution is -2.12. The molecule has 0 saturated heterocycles. The average Bonchev–Trinajstić information content (AvgIpc) is 3.91. The Bertz CT molecular complexity index is 3590. The molecule has 0 saturated carbocycles. The minimum atomic E-state index is 0.875. The van der Waals surface area contributed by atoms with Crippen LogP contribution >= 0.6 is 0 Å². The van der Waals surface area contributed by atoms with Crippen LogP contribution in [0.1, 0.15) is 0 Å². The van der Waals surface area contributed by atoms with Crippen molar-refractivity contribution in [1.29, 1.82) is 0 Å². The van der Waals surface area contributed by atoms with E-state index in [0.29, 0.717) is 0 Å². The molecule has 286 valence electrons. The SMILES string of the molecule is c1ccc(-c2cccc3cccc(-c4ccccc4N(c4ccc(-c5cccc6c5oc5ccccc56)cc4)c4ccccc4-c4cccc5c4oc4ccccc45)c23)cc1. The fraction of sp³-hybridized carbons (Fsp3) is 0. The zero-order chi connectivity index (χ0) is 40.3. The van der Waals surface area contributed by atoms with Gasteiger partial charge >= 0.3 is 0 Å². The summed E-state index contributed by atoms with van der Waals surface area (Å²) in [4.78, 5) is 2.42. The van der Waals surface area contributed by atoms with Gasteiger partial charge in [0.25, 0.3) is 0 Å². The van der Waals surface area contributed by atoms with Crippen LogP contribution in [0.3, 0.4) is 0 Å². The van der Waals surface area contributed by atoms with Crippen LogP contribution < -0.4 is 4.90 Å². The van der Waals surface area contributed by atoms with Crippen molar-refractivity contribution in [1.82, 2.24) is 0 Å². The van der Waals surface area contributed by atoms with Crippen LogP contribution in [0, 0.1) is 0 Å². The maximum absolute atomic E-state index is 6.67. The fourth-order valence-corrected chi connectivity index (χ4v) is 9.35. The molecule has 0 aliphatic carbocycles. The number of fused-ring (bicyclic) bond motifs is 7. The number of rotatable bonds is 7. The Hall–Kier alpha value is -8.14. The monoisotopic (exact) mass is 779 g/mol. The summed E-state index contributed by atoms with van der Waals surface area (Å²) in [6, 6.07) is 79.9. The van der Waals surface area contributed by atoms with Crippen LogP contribution in [0.15, 0.2) is 233 Å². The summed E-state index contributed by atoms with van der Waals surface area (Å²) < 4.78 is 13.2. The van der Waals surface area contributed by atoms with Gasteiger partial charge < -0.3 is 13.7 Å². The highest BCUT2D eigenvalue weighted by Crippen LogP contribution is 2.49. The van der Waals surface area contributed by atoms with Gasteiger partial charge in [0.1, 0.15) is 22.3 Å². The number of hydrogen-bond donors (Lipinski definition) is 0. The van der Waals surface area contributed by atoms with Crippen molar-refractivity contribution in [3.63, 3.8) is 0 Å². The molecule has 0 amide bonds. The molecule has 0 radical (unpaired) electrons. The van der Waals surface area contributed by atoms with Crippen LogP contribution in [-0.2, 0) is 0 Å². The molecule has 0 spiro atoms. The Labute approximate surface area is 353 Å². The summed E-state index contributed by atoms with van der Waals surface area (Å²) >= 11 is 0. The third-order valence-corrected chi connectivity index (χ3v) is 12.1. The molecule has 3 nitrogen and oxygen atoms in total. The van der Waals surface area contributed by atoms with Crippen molar-refractivity contribution < 1.29 is 8.83 Å². The van der Waals surface area contributed by atoms with Gasteiger partial charge in [0.05, 0.1) is 11.4 Å². The van der Waals surface area contributed by atoms with E-state index in [1.54, 1.807) is 0 Å². The standard InChI is InChI=1S/C58H37NO2/c1-2-16-38(17-3-1)42-24-12-18-40-19-13-26-48(56(40)42)44-20-4-8-30-52(44)59(41-36-34-39(35-37-41)43-25-14-28-50-46-22-6-10-32-54(46)60-57(43)50)53-31-9-5-21-45(53)49-27-15-29-51-47-23-7-11-33-55(47)61-58(49)51/h1-37H. The molecule has 0 fully saturated rings. The number of benzene rings is 10. The minimum absolute atomic E-state index is 0.875. The van der Waals surface area contributed by atoms with Crippen LogP contribution in [-0.4, -0.2) is 0 Å². The number of nitrogens with zero attached hydrogens (tertiary/aromatic N) is 1. The Morgan fingerprint density at radius 3 is 1.38 bits per heavy atom. The Balaban J connectivity index is 1.09. The van der Waals surface area contributed by atoms with Crippen molar-refractivity contribution >= 4 is 71.7 Å². The average molecular weight is 780 g/mol. The Kier molecular flexibility index (Phi) is 8.17. The summed E-state index contributed by atoms with van der Waals surface area (Å²) in [5.74, 6) is 0. The van der Waals surface area contributed by atoms with Crippen LogP contribution in [0.2, 0.25) is 0 Å². The van der Waals surface area contributed by atoms with Gasteiger partial charge in [-0.25, -0.2) is 0 Å². The molecule has 0 unspecified atom stereocenters. The molecular weight excluding hydrogens is 743 g/mol. The summed E-state index contributed by atoms with van der Waals surface area (Å²) in [5, 5.41) is 6.87. The van der Waals surface area contributed by atoms with Gasteiger partial charge in [-0.15, -0.1) is 0 Å². The predicted molar refractivity (Wildman–Crippen MR) is 255 cm³/mol. The molecule has 0 aliphatic heterocycles. The van der Waals surface area contributed by atoms with E-state index >= 15 is 0 Å². The maximum Gasteiger partial charge on any atom is 0.143 e. The normalized spacial score (nSPS) is 11.6. The summed E-state index contributed by atoms with van der Waals surface area (Å²) in [7, 11) is 0. The molecule has 12 aromatic rings. The Morgan fingerprint density at radius 2 is 0.721 bits per heavy atom. The van der Waals surface area contributed by atoms with E-state index in [2.05, 4.69) is 211 Å². The van der Waals surface area contributed by atoms with Gasteiger partial charge in [0.15, 0.2) is 0 Å². The third kappa shape index (κ3) is 5.74. The van der Waals surface area contributed by atoms with E-state index in [9.17, 15) is 0 Å². The van der Waals surface area contributed by atoms with Gasteiger partial charge in [-0.05, 0) is 69.4 Å². The van der Waals surface area contributed by atoms with Crippen LogP contribution in [0.5, 0.6) is 0 Å². The first kappa shape index (κ1) is 34.9. The van der Waals surface area contributed by atoms with E-state index in [1.165, 1.54) is 27.5 Å². The van der Waals surface area contributed by atoms with Crippen LogP contribution in [0.4, 0.5) is 17.1 Å². The molecule has 0 N–H and O–H groups in total. The first-order valence-corrected chi connectivity index (χ1v) is 20.8. The molecule has 10 aromatic carbocycles. The number of anilines is 3. The second kappa shape index (κ2) is 14.3. The molecule has 0 atom stereocenters. The lowest BCUT2D eigenvalue weighted by molar-refractivity contribution is 0.669. The molecule has 2 aromatic heterocycles. The van der Waals surface area contributed by atoms with E-state index < -0.39 is 0 Å². The van der Waals surface area contributed by atoms with Crippen LogP contribution in [0.25, 0.3) is 99.2 Å². The van der Waals surface area contributed by atoms with Gasteiger partial charge in [-0.1, -0.05) is 188 Å². The largest absolute Gasteiger partial charge is 0.455 e. The quantitative estimate of drug-likeness (QED) is 0.161. The third-order valence-electron chi connectivity index (χ3n) is 12.1. The van der Waals surface area contributed by atoms with Crippen molar-refractivity contribution in [2.75, 3.05) is 4.90 Å². The molecule has 12 rings (SSSR count). The highest BCUT2D eigenvalue weighted by atomic mass is 16.3. The molecular formula is C58H37NO2. The van der Waals surface area contributed by atoms with E-state index in [-0.39, 0.29) is 0 Å². The van der Waals surface area contributed by atoms with E-state index in [4.69, 9.17) is 8.83 Å². The molecule has 2 heterocycles. The number of furan rings is 2. The molecule has 3 heteroatoms. The van der Waals surface area contributed by atoms with Crippen molar-refractivity contribution in [3.05, 3.63) is 224 Å². The zero-order valence-electron chi connectivity index (χ0n) is 33.1. The lowest BCUT2D eigenvalue weighted by Gasteiger charge is -2.30. The highest BCUT2D eigenvalue weighted by molar-refractivity contribution is 6.13. The van der Waals surface area contributed by atoms with Crippen molar-refractivity contribution in [2.24, 2.45) is 0 Å². The fourth-order valence-electron chi connectivity index (χ4n) is 9.35. The van der Waals surface area contributed by atoms with Gasteiger partial charge in [0.2, 0.25) is 0 Å². The number of para-hydroxylation sites is 6. The second-order valence-corrected chi connectivity index (χ2v) is 15.6. The molecule has 0 aliphatic rings. The first-order chi connectivity index (χ1) is 30.3. The lowest BCUT2D eigenvalue weighted by atomic mass is 9.90. The van der Waals surface area contributed by atoms with E-state index in [0.717, 1.165) is 88.8 Å². The van der Waals surface area contributed by atoms with Gasteiger partial charge in [-0.3, -0.25) is 0 Å². The topological polar surface area (TPSA) is 29.5 Å². The van der Waals surface area contributed by atoms with Crippen molar-refractivity contribution in [3.8, 4) is 44.5 Å². The summed E-state index contributed by atoms with van der Waals surface area (Å²) in [6.07, 6.45) is 0. The Morgan fingerprint density at radius 1 is 0.279 bits per heavy atom. The van der Waals surface area contributed by atoms with Crippen molar-refractivity contribution in [2.45, 2.75) is 0 Å². The molecule has 0 bridgehead atoms. The minimum Gasteiger partial charge on any atom is -0.455 e. The predicted octanol–water partition coefficient (Wildman–Crippen LogP) is 16.8. The molecule has 61 heavy (non-hydrogen) atoms. The zero-order valence-corrected chi connectivity index (χ0v) is 33.1. The summed E-state index contributed by atoms with van der Waals surface area (Å²) in [5.41, 5.74) is 15.6. The number of hydrogen-bond acceptors (Lipinski definition) is 3. The van der Waals surface area contributed by atoms with Gasteiger partial charge in [-0.2, -0.15) is 0 Å².